The molecular formula is C17H21NO4. The highest BCUT2D eigenvalue weighted by Crippen LogP contribution is 2.20. The molecule has 2 rings (SSSR count). The minimum absolute atomic E-state index is 0.00634. The summed E-state index contributed by atoms with van der Waals surface area (Å²) < 4.78 is 6.77. The fourth-order valence-electron chi connectivity index (χ4n) is 2.54. The zero-order valence-electron chi connectivity index (χ0n) is 13.1. The molecule has 0 unspecified atom stereocenters. The van der Waals surface area contributed by atoms with E-state index in [1.165, 1.54) is 6.20 Å². The second-order valence-corrected chi connectivity index (χ2v) is 5.26. The quantitative estimate of drug-likeness (QED) is 0.861. The lowest BCUT2D eigenvalue weighted by Gasteiger charge is -2.20. The van der Waals surface area contributed by atoms with Crippen molar-refractivity contribution >= 4 is 16.9 Å². The molecule has 1 atom stereocenters. The number of fused-ring (bicyclic) bond motifs is 1. The maximum Gasteiger partial charge on any atom is 0.343 e. The van der Waals surface area contributed by atoms with Crippen molar-refractivity contribution in [1.29, 1.82) is 0 Å². The predicted molar refractivity (Wildman–Crippen MR) is 85.3 cm³/mol. The summed E-state index contributed by atoms with van der Waals surface area (Å²) in [5, 5.41) is 10.1. The molecule has 0 aliphatic rings. The molecule has 0 saturated carbocycles. The molecule has 0 saturated heterocycles. The number of aryl methyl sites for hydroxylation is 1. The van der Waals surface area contributed by atoms with Crippen molar-refractivity contribution in [2.45, 2.75) is 33.2 Å². The summed E-state index contributed by atoms with van der Waals surface area (Å²) >= 11 is 0. The van der Waals surface area contributed by atoms with Crippen LogP contribution in [0.2, 0.25) is 0 Å². The molecule has 0 bridgehead atoms. The van der Waals surface area contributed by atoms with Gasteiger partial charge in [0.25, 0.3) is 0 Å². The van der Waals surface area contributed by atoms with E-state index >= 15 is 0 Å². The van der Waals surface area contributed by atoms with Gasteiger partial charge < -0.3 is 14.4 Å². The number of aliphatic hydroxyl groups excluding tert-OH is 1. The molecule has 1 aromatic heterocycles. The fraction of sp³-hybridized carbons (Fsp3) is 0.412. The van der Waals surface area contributed by atoms with E-state index in [9.17, 15) is 14.7 Å². The van der Waals surface area contributed by atoms with Crippen LogP contribution in [0.1, 0.15) is 42.2 Å². The normalized spacial score (nSPS) is 12.4. The molecule has 0 fully saturated rings. The Balaban J connectivity index is 2.80. The van der Waals surface area contributed by atoms with Crippen molar-refractivity contribution in [3.8, 4) is 0 Å². The molecule has 2 aromatic rings. The van der Waals surface area contributed by atoms with Gasteiger partial charge in [-0.05, 0) is 32.4 Å². The summed E-state index contributed by atoms with van der Waals surface area (Å²) in [5.41, 5.74) is 1.33. The van der Waals surface area contributed by atoms with Gasteiger partial charge in [0, 0.05) is 11.6 Å². The average Bonchev–Trinajstić information content (AvgIpc) is 2.51. The molecule has 0 aliphatic heterocycles. The van der Waals surface area contributed by atoms with Crippen molar-refractivity contribution < 1.29 is 14.6 Å². The summed E-state index contributed by atoms with van der Waals surface area (Å²) in [5.74, 6) is -0.627. The lowest BCUT2D eigenvalue weighted by molar-refractivity contribution is 0.0523. The van der Waals surface area contributed by atoms with Gasteiger partial charge in [-0.25, -0.2) is 4.79 Å². The van der Waals surface area contributed by atoms with Crippen molar-refractivity contribution in [1.82, 2.24) is 4.57 Å². The molecule has 5 heteroatoms. The summed E-state index contributed by atoms with van der Waals surface area (Å²) in [7, 11) is 0. The fourth-order valence-corrected chi connectivity index (χ4v) is 2.54. The van der Waals surface area contributed by atoms with Crippen LogP contribution in [-0.4, -0.2) is 28.9 Å². The van der Waals surface area contributed by atoms with Crippen LogP contribution in [0.4, 0.5) is 0 Å². The Morgan fingerprint density at radius 2 is 2.09 bits per heavy atom. The summed E-state index contributed by atoms with van der Waals surface area (Å²) in [6.45, 7) is 5.68. The van der Waals surface area contributed by atoms with E-state index in [0.29, 0.717) is 17.3 Å². The number of carbonyl (C=O) groups is 1. The van der Waals surface area contributed by atoms with E-state index in [0.717, 1.165) is 5.56 Å². The lowest BCUT2D eigenvalue weighted by atomic mass is 10.1. The topological polar surface area (TPSA) is 68.5 Å². The standard InChI is InChI=1S/C17H21NO4/c1-4-12(10-19)18-9-14(17(21)22-5-2)16(20)13-8-11(3)6-7-15(13)18/h6-9,12,19H,4-5,10H2,1-3H3/t12-/m1/s1. The molecule has 5 nitrogen and oxygen atoms in total. The third kappa shape index (κ3) is 2.90. The van der Waals surface area contributed by atoms with Crippen LogP contribution in [-0.2, 0) is 4.74 Å². The number of aromatic nitrogens is 1. The minimum atomic E-state index is -0.627. The first-order valence-corrected chi connectivity index (χ1v) is 7.46. The van der Waals surface area contributed by atoms with Gasteiger partial charge in [-0.2, -0.15) is 0 Å². The van der Waals surface area contributed by atoms with Crippen molar-refractivity contribution in [2.75, 3.05) is 13.2 Å². The zero-order valence-corrected chi connectivity index (χ0v) is 13.1. The van der Waals surface area contributed by atoms with Crippen LogP contribution in [0.5, 0.6) is 0 Å². The smallest absolute Gasteiger partial charge is 0.343 e. The summed E-state index contributed by atoms with van der Waals surface area (Å²) in [6.07, 6.45) is 2.19. The number of pyridine rings is 1. The van der Waals surface area contributed by atoms with Crippen molar-refractivity contribution in [3.63, 3.8) is 0 Å². The number of ether oxygens (including phenoxy) is 1. The second kappa shape index (κ2) is 6.75. The van der Waals surface area contributed by atoms with Gasteiger partial charge in [-0.3, -0.25) is 4.79 Å². The van der Waals surface area contributed by atoms with Crippen LogP contribution >= 0.6 is 0 Å². The molecule has 1 N–H and O–H groups in total. The van der Waals surface area contributed by atoms with Gasteiger partial charge in [0.2, 0.25) is 5.43 Å². The van der Waals surface area contributed by atoms with E-state index in [4.69, 9.17) is 4.74 Å². The average molecular weight is 303 g/mol. The van der Waals surface area contributed by atoms with Gasteiger partial charge in [-0.15, -0.1) is 0 Å². The Hall–Kier alpha value is -2.14. The van der Waals surface area contributed by atoms with Gasteiger partial charge in [-0.1, -0.05) is 18.6 Å². The van der Waals surface area contributed by atoms with Gasteiger partial charge in [0.05, 0.1) is 24.8 Å². The SMILES string of the molecule is CCOC(=O)c1cn([C@H](CC)CO)c2ccc(C)cc2c1=O. The van der Waals surface area contributed by atoms with Crippen molar-refractivity contribution in [2.24, 2.45) is 0 Å². The molecule has 0 radical (unpaired) electrons. The number of esters is 1. The molecule has 0 amide bonds. The first-order valence-electron chi connectivity index (χ1n) is 7.46. The Morgan fingerprint density at radius 3 is 2.68 bits per heavy atom. The van der Waals surface area contributed by atoms with E-state index in [1.54, 1.807) is 17.6 Å². The molecular weight excluding hydrogens is 282 g/mol. The number of benzene rings is 1. The molecule has 22 heavy (non-hydrogen) atoms. The predicted octanol–water partition coefficient (Wildman–Crippen LogP) is 2.43. The largest absolute Gasteiger partial charge is 0.462 e. The van der Waals surface area contributed by atoms with Crippen LogP contribution in [0.3, 0.4) is 0 Å². The highest BCUT2D eigenvalue weighted by atomic mass is 16.5. The minimum Gasteiger partial charge on any atom is -0.462 e. The van der Waals surface area contributed by atoms with Crippen LogP contribution in [0, 0.1) is 6.92 Å². The van der Waals surface area contributed by atoms with Crippen LogP contribution < -0.4 is 5.43 Å². The van der Waals surface area contributed by atoms with Crippen molar-refractivity contribution in [3.05, 3.63) is 45.7 Å². The Labute approximate surface area is 129 Å². The summed E-state index contributed by atoms with van der Waals surface area (Å²) in [4.78, 5) is 24.6. The molecule has 0 spiro atoms. The molecule has 0 aliphatic carbocycles. The Bertz CT molecular complexity index is 744. The first-order chi connectivity index (χ1) is 10.5. The first kappa shape index (κ1) is 16.2. The number of rotatable bonds is 5. The number of hydrogen-bond acceptors (Lipinski definition) is 4. The Morgan fingerprint density at radius 1 is 1.36 bits per heavy atom. The van der Waals surface area contributed by atoms with Gasteiger partial charge in [0.15, 0.2) is 0 Å². The monoisotopic (exact) mass is 303 g/mol. The van der Waals surface area contributed by atoms with Crippen LogP contribution in [0.25, 0.3) is 10.9 Å². The maximum absolute atomic E-state index is 12.6. The molecule has 1 heterocycles. The lowest BCUT2D eigenvalue weighted by Crippen LogP contribution is -2.23. The van der Waals surface area contributed by atoms with E-state index in [1.807, 2.05) is 26.0 Å². The van der Waals surface area contributed by atoms with E-state index < -0.39 is 5.97 Å². The highest BCUT2D eigenvalue weighted by molar-refractivity contribution is 5.94. The third-order valence-corrected chi connectivity index (χ3v) is 3.76. The van der Waals surface area contributed by atoms with Gasteiger partial charge in [0.1, 0.15) is 5.56 Å². The third-order valence-electron chi connectivity index (χ3n) is 3.76. The number of nitrogens with zero attached hydrogens (tertiary/aromatic N) is 1. The number of carbonyl (C=O) groups excluding carboxylic acids is 1. The number of aliphatic hydroxyl groups is 1. The maximum atomic E-state index is 12.6. The molecule has 118 valence electrons. The number of hydrogen-bond donors (Lipinski definition) is 1. The van der Waals surface area contributed by atoms with Crippen LogP contribution in [0.15, 0.2) is 29.2 Å². The Kier molecular flexibility index (Phi) is 4.98. The van der Waals surface area contributed by atoms with E-state index in [-0.39, 0.29) is 30.2 Å². The zero-order chi connectivity index (χ0) is 16.3. The summed E-state index contributed by atoms with van der Waals surface area (Å²) in [6, 6.07) is 5.33. The highest BCUT2D eigenvalue weighted by Gasteiger charge is 2.19. The van der Waals surface area contributed by atoms with Gasteiger partial charge >= 0.3 is 5.97 Å². The second-order valence-electron chi connectivity index (χ2n) is 5.26. The molecule has 1 aromatic carbocycles. The van der Waals surface area contributed by atoms with E-state index in [2.05, 4.69) is 0 Å².